The van der Waals surface area contributed by atoms with Crippen molar-refractivity contribution in [2.24, 2.45) is 67.8 Å². The van der Waals surface area contributed by atoms with Gasteiger partial charge in [-0.25, -0.2) is 9.67 Å². The summed E-state index contributed by atoms with van der Waals surface area (Å²) < 4.78 is 16.1. The quantitative estimate of drug-likeness (QED) is 0.259. The lowest BCUT2D eigenvalue weighted by atomic mass is 9.34. The highest BCUT2D eigenvalue weighted by molar-refractivity contribution is 5.73. The largest absolute Gasteiger partial charge is 0.481 e. The van der Waals surface area contributed by atoms with Crippen LogP contribution in [0.25, 0.3) is 11.4 Å². The molecule has 3 N–H and O–H groups in total. The molecule has 1 unspecified atom stereocenters. The van der Waals surface area contributed by atoms with E-state index in [0.29, 0.717) is 37.6 Å². The zero-order valence-corrected chi connectivity index (χ0v) is 34.4. The van der Waals surface area contributed by atoms with Gasteiger partial charge in [-0.3, -0.25) is 9.78 Å². The summed E-state index contributed by atoms with van der Waals surface area (Å²) in [6.45, 7) is 26.6. The summed E-state index contributed by atoms with van der Waals surface area (Å²) in [5, 5.41) is 16.1. The number of pyridine rings is 1. The Morgan fingerprint density at radius 1 is 1.09 bits per heavy atom. The fourth-order valence-electron chi connectivity index (χ4n) is 12.8. The lowest BCUT2D eigenvalue weighted by molar-refractivity contribution is -0.253. The average molecular weight is 730 g/mol. The van der Waals surface area contributed by atoms with Gasteiger partial charge < -0.3 is 20.3 Å². The van der Waals surface area contributed by atoms with Crippen LogP contribution in [0.15, 0.2) is 42.5 Å². The predicted molar refractivity (Wildman–Crippen MR) is 208 cm³/mol. The van der Waals surface area contributed by atoms with E-state index < -0.39 is 17.4 Å². The molecule has 7 rings (SSSR count). The molecule has 0 radical (unpaired) electrons. The zero-order valence-electron chi connectivity index (χ0n) is 34.4. The second-order valence-electron chi connectivity index (χ2n) is 20.8. The van der Waals surface area contributed by atoms with Crippen LogP contribution in [0.1, 0.15) is 121 Å². The maximum atomic E-state index is 13.6. The number of nitrogens with two attached hydrogens (primary N) is 1. The van der Waals surface area contributed by atoms with E-state index >= 15 is 0 Å². The van der Waals surface area contributed by atoms with Crippen LogP contribution in [0.2, 0.25) is 0 Å². The van der Waals surface area contributed by atoms with E-state index in [1.165, 1.54) is 5.57 Å². The van der Waals surface area contributed by atoms with Gasteiger partial charge in [0, 0.05) is 34.3 Å². The smallest absolute Gasteiger partial charge is 0.307 e. The number of carboxylic acid groups (broad SMARTS) is 1. The van der Waals surface area contributed by atoms with Gasteiger partial charge in [-0.15, -0.1) is 0 Å². The Labute approximate surface area is 318 Å². The van der Waals surface area contributed by atoms with Crippen LogP contribution in [-0.2, 0) is 14.3 Å². The van der Waals surface area contributed by atoms with E-state index in [4.69, 9.17) is 25.3 Å². The third-order valence-corrected chi connectivity index (χ3v) is 17.2. The molecule has 5 aliphatic rings. The molecule has 4 fully saturated rings. The molecule has 0 amide bonds. The number of ether oxygens (including phenoxy) is 2. The third kappa shape index (κ3) is 5.47. The molecule has 9 heteroatoms. The van der Waals surface area contributed by atoms with E-state index in [1.54, 1.807) is 12.5 Å². The first-order chi connectivity index (χ1) is 24.7. The maximum Gasteiger partial charge on any atom is 0.307 e. The number of allylic oxidation sites excluding steroid dienone is 1. The maximum absolute atomic E-state index is 13.6. The van der Waals surface area contributed by atoms with Crippen LogP contribution in [-0.4, -0.2) is 62.3 Å². The van der Waals surface area contributed by atoms with Gasteiger partial charge in [0.15, 0.2) is 5.82 Å². The molecule has 0 spiro atoms. The minimum absolute atomic E-state index is 0.123. The molecule has 9 nitrogen and oxygen atoms in total. The fraction of sp³-hybridized carbons (Fsp3) is 0.773. The molecule has 2 aromatic heterocycles. The Balaban J connectivity index is 1.35. The van der Waals surface area contributed by atoms with E-state index in [1.807, 2.05) is 18.3 Å². The number of rotatable bonds is 8. The number of nitrogens with zero attached hydrogens (tertiary/aromatic N) is 4. The summed E-state index contributed by atoms with van der Waals surface area (Å²) in [5.74, 6) is 1.09. The van der Waals surface area contributed by atoms with E-state index in [-0.39, 0.29) is 50.6 Å². The highest BCUT2D eigenvalue weighted by Crippen LogP contribution is 2.75. The highest BCUT2D eigenvalue weighted by Gasteiger charge is 2.72. The number of carbonyl (C=O) groups is 1. The van der Waals surface area contributed by atoms with Gasteiger partial charge in [0.25, 0.3) is 0 Å². The van der Waals surface area contributed by atoms with Crippen LogP contribution in [0.3, 0.4) is 0 Å². The molecule has 1 saturated heterocycles. The third-order valence-electron chi connectivity index (χ3n) is 17.2. The molecule has 3 heterocycles. The number of hydrogen-bond acceptors (Lipinski definition) is 7. The molecule has 2 bridgehead atoms. The Hall–Kier alpha value is -2.62. The van der Waals surface area contributed by atoms with Crippen molar-refractivity contribution < 1.29 is 19.4 Å². The normalized spacial score (nSPS) is 41.4. The molecule has 292 valence electrons. The Morgan fingerprint density at radius 2 is 1.83 bits per heavy atom. The predicted octanol–water partition coefficient (Wildman–Crippen LogP) is 8.62. The van der Waals surface area contributed by atoms with Crippen molar-refractivity contribution in [2.75, 3.05) is 19.8 Å². The van der Waals surface area contributed by atoms with Crippen LogP contribution in [0, 0.1) is 62.1 Å². The van der Waals surface area contributed by atoms with Crippen LogP contribution >= 0.6 is 0 Å². The minimum Gasteiger partial charge on any atom is -0.481 e. The lowest BCUT2D eigenvalue weighted by Crippen LogP contribution is -2.69. The molecular formula is C44H67N5O4. The lowest BCUT2D eigenvalue weighted by Gasteiger charge is -2.71. The number of aromatic nitrogens is 4. The monoisotopic (exact) mass is 730 g/mol. The van der Waals surface area contributed by atoms with Crippen molar-refractivity contribution in [3.8, 4) is 11.4 Å². The number of aliphatic carboxylic acids is 1. The molecule has 3 saturated carbocycles. The van der Waals surface area contributed by atoms with Gasteiger partial charge in [0.05, 0.1) is 37.9 Å². The summed E-state index contributed by atoms with van der Waals surface area (Å²) in [7, 11) is 0. The van der Waals surface area contributed by atoms with Crippen LogP contribution in [0.5, 0.6) is 0 Å². The van der Waals surface area contributed by atoms with Crippen molar-refractivity contribution >= 4 is 5.97 Å². The molecule has 0 aromatic carbocycles. The topological polar surface area (TPSA) is 125 Å². The van der Waals surface area contributed by atoms with Crippen molar-refractivity contribution in [1.29, 1.82) is 0 Å². The highest BCUT2D eigenvalue weighted by atomic mass is 16.5. The summed E-state index contributed by atoms with van der Waals surface area (Å²) in [6, 6.07) is 3.87. The first-order valence-electron chi connectivity index (χ1n) is 20.4. The molecule has 53 heavy (non-hydrogen) atoms. The summed E-state index contributed by atoms with van der Waals surface area (Å²) in [4.78, 5) is 22.8. The SMILES string of the molecule is CC(C)[C@@H](C)[C@@]1(C)CC[C@]2(C)[C@H]3CC[C@H]4C5(C)COC[C@@]4(C[C@@H](n4ncnc4-c4cccnc4)[C@@H]5OC[C@](C)(N)C(C)(C)C)C3=CC[C@@]2(C)[C@@H]1C(=O)O. The zero-order chi connectivity index (χ0) is 38.6. The van der Waals surface area contributed by atoms with Crippen molar-refractivity contribution in [3.63, 3.8) is 0 Å². The summed E-state index contributed by atoms with van der Waals surface area (Å²) in [5.41, 5.74) is 7.37. The number of carboxylic acids is 1. The second kappa shape index (κ2) is 12.7. The van der Waals surface area contributed by atoms with Crippen molar-refractivity contribution in [2.45, 2.75) is 132 Å². The van der Waals surface area contributed by atoms with Gasteiger partial charge in [0.1, 0.15) is 6.33 Å². The fourth-order valence-corrected chi connectivity index (χ4v) is 12.8. The molecular weight excluding hydrogens is 663 g/mol. The van der Waals surface area contributed by atoms with Gasteiger partial charge >= 0.3 is 5.97 Å². The molecule has 2 aromatic rings. The van der Waals surface area contributed by atoms with Gasteiger partial charge in [-0.1, -0.05) is 80.9 Å². The van der Waals surface area contributed by atoms with Crippen LogP contribution in [0.4, 0.5) is 0 Å². The minimum atomic E-state index is -0.625. The Bertz CT molecular complexity index is 1730. The van der Waals surface area contributed by atoms with E-state index in [0.717, 1.165) is 49.9 Å². The number of fused-ring (bicyclic) bond motifs is 3. The molecule has 1 aliphatic heterocycles. The summed E-state index contributed by atoms with van der Waals surface area (Å²) >= 11 is 0. The summed E-state index contributed by atoms with van der Waals surface area (Å²) in [6.07, 6.45) is 13.3. The first kappa shape index (κ1) is 38.6. The molecule has 4 aliphatic carbocycles. The van der Waals surface area contributed by atoms with Gasteiger partial charge in [0.2, 0.25) is 0 Å². The first-order valence-corrected chi connectivity index (χ1v) is 20.4. The standard InChI is InChI=1S/C44H67N5O4/c1-27(2)28(3)39(7)18-19-41(9)30-14-15-33-40(8)23-52-25-44(33,31(30)16-17-42(41,10)34(39)37(50)51)21-32(35(40)53-24-43(11,45)38(4,5)6)49-36(47-26-48-49)29-13-12-20-46-22-29/h12-13,16,20,22,26-28,30,32-35H,14-15,17-19,21,23-25,45H2,1-11H3,(H,50,51)/t28-,30+,32-,33+,34-,35+,39-,40?,41-,42+,43+,44+/m1/s1. The van der Waals surface area contributed by atoms with Crippen LogP contribution < -0.4 is 5.73 Å². The van der Waals surface area contributed by atoms with E-state index in [2.05, 4.69) is 91.9 Å². The van der Waals surface area contributed by atoms with Crippen molar-refractivity contribution in [1.82, 2.24) is 19.7 Å². The average Bonchev–Trinajstić information content (AvgIpc) is 3.57. The van der Waals surface area contributed by atoms with Crippen molar-refractivity contribution in [3.05, 3.63) is 42.5 Å². The number of hydrogen-bond donors (Lipinski definition) is 2. The Morgan fingerprint density at radius 3 is 2.47 bits per heavy atom. The Kier molecular flexibility index (Phi) is 9.26. The van der Waals surface area contributed by atoms with Gasteiger partial charge in [-0.05, 0) is 103 Å². The molecule has 12 atom stereocenters. The van der Waals surface area contributed by atoms with E-state index in [9.17, 15) is 9.90 Å². The van der Waals surface area contributed by atoms with Gasteiger partial charge in [-0.2, -0.15) is 5.10 Å². The second-order valence-corrected chi connectivity index (χ2v) is 20.8.